The second kappa shape index (κ2) is 5.36. The summed E-state index contributed by atoms with van der Waals surface area (Å²) in [5, 5.41) is 7.29. The summed E-state index contributed by atoms with van der Waals surface area (Å²) < 4.78 is 1.24. The Labute approximate surface area is 118 Å². The summed E-state index contributed by atoms with van der Waals surface area (Å²) in [4.78, 5) is 5.83. The van der Waals surface area contributed by atoms with Crippen LogP contribution >= 0.6 is 34.3 Å². The molecule has 92 valence electrons. The summed E-state index contributed by atoms with van der Waals surface area (Å²) in [6, 6.07) is 10.2. The molecule has 0 aliphatic rings. The highest BCUT2D eigenvalue weighted by molar-refractivity contribution is 7.18. The van der Waals surface area contributed by atoms with E-state index in [4.69, 9.17) is 11.6 Å². The monoisotopic (exact) mass is 294 g/mol. The molecule has 1 N–H and O–H groups in total. The molecule has 18 heavy (non-hydrogen) atoms. The first-order valence-electron chi connectivity index (χ1n) is 5.59. The van der Waals surface area contributed by atoms with Crippen molar-refractivity contribution in [3.8, 4) is 0 Å². The summed E-state index contributed by atoms with van der Waals surface area (Å²) >= 11 is 9.30. The van der Waals surface area contributed by atoms with E-state index in [9.17, 15) is 0 Å². The first kappa shape index (κ1) is 12.1. The lowest BCUT2D eigenvalue weighted by atomic mass is 10.3. The number of aromatic nitrogens is 1. The Morgan fingerprint density at radius 1 is 1.22 bits per heavy atom. The third-order valence-electron chi connectivity index (χ3n) is 2.54. The predicted molar refractivity (Wildman–Crippen MR) is 79.5 cm³/mol. The Hall–Kier alpha value is -0.940. The zero-order valence-electron chi connectivity index (χ0n) is 9.52. The van der Waals surface area contributed by atoms with Crippen molar-refractivity contribution in [3.63, 3.8) is 0 Å². The van der Waals surface area contributed by atoms with Crippen LogP contribution in [0.3, 0.4) is 0 Å². The highest BCUT2D eigenvalue weighted by atomic mass is 35.5. The summed E-state index contributed by atoms with van der Waals surface area (Å²) in [6.07, 6.45) is 0. The van der Waals surface area contributed by atoms with Crippen LogP contribution in [0.4, 0.5) is 0 Å². The first-order valence-corrected chi connectivity index (χ1v) is 7.67. The van der Waals surface area contributed by atoms with Crippen LogP contribution < -0.4 is 5.32 Å². The normalized spacial score (nSPS) is 11.2. The number of rotatable bonds is 4. The van der Waals surface area contributed by atoms with Crippen molar-refractivity contribution >= 4 is 44.5 Å². The van der Waals surface area contributed by atoms with Gasteiger partial charge in [-0.2, -0.15) is 0 Å². The van der Waals surface area contributed by atoms with Gasteiger partial charge in [0.15, 0.2) is 0 Å². The van der Waals surface area contributed by atoms with Gasteiger partial charge in [-0.3, -0.25) is 0 Å². The molecule has 2 nitrogen and oxygen atoms in total. The average molecular weight is 295 g/mol. The third-order valence-corrected chi connectivity index (χ3v) is 4.86. The fraction of sp³-hybridized carbons (Fsp3) is 0.154. The van der Waals surface area contributed by atoms with E-state index in [0.717, 1.165) is 28.6 Å². The maximum atomic E-state index is 5.88. The average Bonchev–Trinajstić information content (AvgIpc) is 2.95. The third kappa shape index (κ3) is 2.72. The van der Waals surface area contributed by atoms with Crippen molar-refractivity contribution in [2.75, 3.05) is 0 Å². The number of thiophene rings is 1. The van der Waals surface area contributed by atoms with Gasteiger partial charge in [0.25, 0.3) is 0 Å². The second-order valence-electron chi connectivity index (χ2n) is 3.91. The molecule has 0 saturated heterocycles. The van der Waals surface area contributed by atoms with Gasteiger partial charge in [0.2, 0.25) is 0 Å². The zero-order chi connectivity index (χ0) is 12.4. The van der Waals surface area contributed by atoms with Crippen LogP contribution in [0, 0.1) is 0 Å². The molecular weight excluding hydrogens is 284 g/mol. The van der Waals surface area contributed by atoms with Gasteiger partial charge < -0.3 is 5.32 Å². The first-order chi connectivity index (χ1) is 8.81. The quantitative estimate of drug-likeness (QED) is 0.776. The summed E-state index contributed by atoms with van der Waals surface area (Å²) in [5.41, 5.74) is 1.08. The molecule has 2 heterocycles. The number of fused-ring (bicyclic) bond motifs is 1. The smallest absolute Gasteiger partial charge is 0.108 e. The summed E-state index contributed by atoms with van der Waals surface area (Å²) in [7, 11) is 0. The highest BCUT2D eigenvalue weighted by Crippen LogP contribution is 2.22. The molecule has 3 aromatic rings. The molecule has 1 aromatic carbocycles. The number of nitrogens with one attached hydrogen (secondary N) is 1. The molecule has 0 spiro atoms. The molecule has 0 radical (unpaired) electrons. The van der Waals surface area contributed by atoms with Gasteiger partial charge >= 0.3 is 0 Å². The van der Waals surface area contributed by atoms with E-state index in [2.05, 4.69) is 16.4 Å². The van der Waals surface area contributed by atoms with Crippen molar-refractivity contribution in [2.45, 2.75) is 13.1 Å². The lowest BCUT2D eigenvalue weighted by Crippen LogP contribution is -2.11. The minimum absolute atomic E-state index is 0.800. The lowest BCUT2D eigenvalue weighted by molar-refractivity contribution is 0.698. The van der Waals surface area contributed by atoms with E-state index in [1.54, 1.807) is 22.7 Å². The van der Waals surface area contributed by atoms with Crippen molar-refractivity contribution in [1.29, 1.82) is 0 Å². The Bertz CT molecular complexity index is 627. The number of halogens is 1. The van der Waals surface area contributed by atoms with Gasteiger partial charge in [0.05, 0.1) is 15.2 Å². The van der Waals surface area contributed by atoms with Gasteiger partial charge in [-0.1, -0.05) is 23.7 Å². The van der Waals surface area contributed by atoms with Gasteiger partial charge in [-0.05, 0) is 18.2 Å². The summed E-state index contributed by atoms with van der Waals surface area (Å²) in [5.74, 6) is 0. The molecule has 0 atom stereocenters. The Morgan fingerprint density at radius 3 is 2.89 bits per heavy atom. The Morgan fingerprint density at radius 2 is 2.11 bits per heavy atom. The van der Waals surface area contributed by atoms with Crippen molar-refractivity contribution in [2.24, 2.45) is 0 Å². The number of benzene rings is 1. The van der Waals surface area contributed by atoms with E-state index >= 15 is 0 Å². The minimum Gasteiger partial charge on any atom is -0.306 e. The Balaban J connectivity index is 1.62. The largest absolute Gasteiger partial charge is 0.306 e. The molecule has 0 aliphatic heterocycles. The lowest BCUT2D eigenvalue weighted by Gasteiger charge is -1.98. The van der Waals surface area contributed by atoms with E-state index < -0.39 is 0 Å². The molecule has 0 saturated carbocycles. The number of hydrogen-bond donors (Lipinski definition) is 1. The molecule has 5 heteroatoms. The van der Waals surface area contributed by atoms with E-state index in [1.807, 2.05) is 29.6 Å². The molecule has 0 bridgehead atoms. The molecule has 0 fully saturated rings. The van der Waals surface area contributed by atoms with Crippen molar-refractivity contribution in [1.82, 2.24) is 10.3 Å². The molecule has 3 rings (SSSR count). The molecule has 2 aromatic heterocycles. The van der Waals surface area contributed by atoms with Crippen LogP contribution in [0.25, 0.3) is 10.2 Å². The maximum Gasteiger partial charge on any atom is 0.108 e. The molecule has 0 aliphatic carbocycles. The second-order valence-corrected chi connectivity index (χ2v) is 6.46. The topological polar surface area (TPSA) is 24.9 Å². The minimum atomic E-state index is 0.800. The zero-order valence-corrected chi connectivity index (χ0v) is 11.9. The van der Waals surface area contributed by atoms with Crippen LogP contribution in [0.15, 0.2) is 35.7 Å². The van der Waals surface area contributed by atoms with Crippen LogP contribution in [0.2, 0.25) is 5.02 Å². The number of para-hydroxylation sites is 1. The summed E-state index contributed by atoms with van der Waals surface area (Å²) in [6.45, 7) is 1.64. The van der Waals surface area contributed by atoms with E-state index in [0.29, 0.717) is 0 Å². The molecule has 0 unspecified atom stereocenters. The van der Waals surface area contributed by atoms with Crippen molar-refractivity contribution in [3.05, 3.63) is 50.6 Å². The van der Waals surface area contributed by atoms with Crippen molar-refractivity contribution < 1.29 is 0 Å². The SMILES string of the molecule is Clc1csc(CNCc2nc3ccccc3s2)c1. The molecular formula is C13H11ClN2S2. The van der Waals surface area contributed by atoms with Gasteiger partial charge in [-0.15, -0.1) is 22.7 Å². The standard InChI is InChI=1S/C13H11ClN2S2/c14-9-5-10(17-8-9)6-15-7-13-16-11-3-1-2-4-12(11)18-13/h1-5,8,15H,6-7H2. The molecule has 0 amide bonds. The van der Waals surface area contributed by atoms with E-state index in [1.165, 1.54) is 9.58 Å². The number of thiazole rings is 1. The van der Waals surface area contributed by atoms with Crippen LogP contribution in [0.1, 0.15) is 9.88 Å². The van der Waals surface area contributed by atoms with Crippen LogP contribution in [0.5, 0.6) is 0 Å². The fourth-order valence-electron chi connectivity index (χ4n) is 1.73. The van der Waals surface area contributed by atoms with E-state index in [-0.39, 0.29) is 0 Å². The van der Waals surface area contributed by atoms with Gasteiger partial charge in [0.1, 0.15) is 5.01 Å². The van der Waals surface area contributed by atoms with Crippen LogP contribution in [-0.2, 0) is 13.1 Å². The maximum absolute atomic E-state index is 5.88. The fourth-order valence-corrected chi connectivity index (χ4v) is 3.71. The van der Waals surface area contributed by atoms with Gasteiger partial charge in [-0.25, -0.2) is 4.98 Å². The predicted octanol–water partition coefficient (Wildman–Crippen LogP) is 4.30. The van der Waals surface area contributed by atoms with Crippen LogP contribution in [-0.4, -0.2) is 4.98 Å². The number of nitrogens with zero attached hydrogens (tertiary/aromatic N) is 1. The Kier molecular flexibility index (Phi) is 3.61. The highest BCUT2D eigenvalue weighted by Gasteiger charge is 2.03. The van der Waals surface area contributed by atoms with Gasteiger partial charge in [0, 0.05) is 23.3 Å². The number of hydrogen-bond acceptors (Lipinski definition) is 4.